The molecule has 0 atom stereocenters. The van der Waals surface area contributed by atoms with Gasteiger partial charge in [0.15, 0.2) is 5.82 Å². The lowest BCUT2D eigenvalue weighted by Gasteiger charge is -2.06. The summed E-state index contributed by atoms with van der Waals surface area (Å²) in [6.07, 6.45) is 1.75. The van der Waals surface area contributed by atoms with E-state index >= 15 is 0 Å². The van der Waals surface area contributed by atoms with Crippen molar-refractivity contribution in [3.63, 3.8) is 0 Å². The number of nitrogens with zero attached hydrogens (tertiary/aromatic N) is 2. The Morgan fingerprint density at radius 2 is 2.11 bits per heavy atom. The standard InChI is InChI=1S/C12H9IN4O/c13-10-11(15-7-16-12(10)18)17-9-3-1-8(2-4-9)5-6-14/h1-4,7H,5H2,(H2,15,16,17,18). The molecule has 90 valence electrons. The van der Waals surface area contributed by atoms with Crippen molar-refractivity contribution in [3.8, 4) is 6.07 Å². The van der Waals surface area contributed by atoms with Gasteiger partial charge in [0.1, 0.15) is 3.57 Å². The molecule has 2 rings (SSSR count). The lowest BCUT2D eigenvalue weighted by molar-refractivity contribution is 1.10. The number of nitriles is 1. The van der Waals surface area contributed by atoms with Gasteiger partial charge in [0.25, 0.3) is 5.56 Å². The first-order chi connectivity index (χ1) is 8.70. The van der Waals surface area contributed by atoms with Crippen LogP contribution in [-0.2, 0) is 6.42 Å². The normalized spacial score (nSPS) is 9.78. The van der Waals surface area contributed by atoms with Gasteiger partial charge in [0.05, 0.1) is 18.8 Å². The van der Waals surface area contributed by atoms with E-state index < -0.39 is 0 Å². The Bertz CT molecular complexity index is 642. The number of nitrogens with one attached hydrogen (secondary N) is 2. The zero-order valence-corrected chi connectivity index (χ0v) is 11.4. The fourth-order valence-electron chi connectivity index (χ4n) is 1.40. The molecule has 1 aromatic heterocycles. The zero-order chi connectivity index (χ0) is 13.0. The average Bonchev–Trinajstić information content (AvgIpc) is 2.38. The lowest BCUT2D eigenvalue weighted by atomic mass is 10.1. The van der Waals surface area contributed by atoms with Crippen molar-refractivity contribution in [1.29, 1.82) is 5.26 Å². The summed E-state index contributed by atoms with van der Waals surface area (Å²) in [5, 5.41) is 11.6. The fraction of sp³-hybridized carbons (Fsp3) is 0.0833. The van der Waals surface area contributed by atoms with Gasteiger partial charge >= 0.3 is 0 Å². The monoisotopic (exact) mass is 352 g/mol. The Labute approximate surface area is 117 Å². The molecule has 6 heteroatoms. The number of H-pyrrole nitrogens is 1. The second-order valence-corrected chi connectivity index (χ2v) is 4.63. The van der Waals surface area contributed by atoms with Crippen molar-refractivity contribution in [2.45, 2.75) is 6.42 Å². The molecule has 0 fully saturated rings. The van der Waals surface area contributed by atoms with Crippen LogP contribution in [0.1, 0.15) is 5.56 Å². The topological polar surface area (TPSA) is 81.6 Å². The van der Waals surface area contributed by atoms with Gasteiger partial charge in [-0.05, 0) is 40.3 Å². The van der Waals surface area contributed by atoms with Crippen LogP contribution < -0.4 is 10.9 Å². The number of hydrogen-bond donors (Lipinski definition) is 2. The summed E-state index contributed by atoms with van der Waals surface area (Å²) in [4.78, 5) is 18.0. The van der Waals surface area contributed by atoms with Crippen LogP contribution in [0, 0.1) is 14.9 Å². The van der Waals surface area contributed by atoms with Crippen molar-refractivity contribution in [1.82, 2.24) is 9.97 Å². The summed E-state index contributed by atoms with van der Waals surface area (Å²) < 4.78 is 0.510. The maximum Gasteiger partial charge on any atom is 0.266 e. The summed E-state index contributed by atoms with van der Waals surface area (Å²) in [6, 6.07) is 9.53. The number of anilines is 2. The molecule has 0 spiro atoms. The first-order valence-corrected chi connectivity index (χ1v) is 6.24. The van der Waals surface area contributed by atoms with Gasteiger partial charge < -0.3 is 10.3 Å². The molecule has 0 aliphatic heterocycles. The maximum absolute atomic E-state index is 11.4. The van der Waals surface area contributed by atoms with E-state index in [1.807, 2.05) is 46.9 Å². The van der Waals surface area contributed by atoms with Crippen molar-refractivity contribution >= 4 is 34.1 Å². The van der Waals surface area contributed by atoms with Gasteiger partial charge in [-0.1, -0.05) is 12.1 Å². The highest BCUT2D eigenvalue weighted by molar-refractivity contribution is 14.1. The van der Waals surface area contributed by atoms with Crippen LogP contribution in [0.15, 0.2) is 35.4 Å². The Morgan fingerprint density at radius 3 is 2.78 bits per heavy atom. The van der Waals surface area contributed by atoms with Crippen molar-refractivity contribution in [2.75, 3.05) is 5.32 Å². The summed E-state index contributed by atoms with van der Waals surface area (Å²) in [7, 11) is 0. The third kappa shape index (κ3) is 2.87. The molecular weight excluding hydrogens is 343 g/mol. The number of rotatable bonds is 3. The second kappa shape index (κ2) is 5.64. The van der Waals surface area contributed by atoms with E-state index in [0.717, 1.165) is 11.3 Å². The quantitative estimate of drug-likeness (QED) is 0.830. The minimum Gasteiger partial charge on any atom is -0.339 e. The third-order valence-electron chi connectivity index (χ3n) is 2.30. The first kappa shape index (κ1) is 12.6. The van der Waals surface area contributed by atoms with Crippen molar-refractivity contribution < 1.29 is 0 Å². The molecule has 2 aromatic rings. The summed E-state index contributed by atoms with van der Waals surface area (Å²) >= 11 is 1.94. The van der Waals surface area contributed by atoms with Crippen molar-refractivity contribution in [2.24, 2.45) is 0 Å². The number of hydrogen-bond acceptors (Lipinski definition) is 4. The fourth-order valence-corrected chi connectivity index (χ4v) is 1.83. The molecule has 0 bridgehead atoms. The highest BCUT2D eigenvalue weighted by atomic mass is 127. The minimum absolute atomic E-state index is 0.172. The SMILES string of the molecule is N#CCc1ccc(Nc2nc[nH]c(=O)c2I)cc1. The predicted octanol–water partition coefficient (Wildman–Crippen LogP) is 2.18. The van der Waals surface area contributed by atoms with Gasteiger partial charge in [-0.2, -0.15) is 5.26 Å². The zero-order valence-electron chi connectivity index (χ0n) is 9.27. The predicted molar refractivity (Wildman–Crippen MR) is 76.6 cm³/mol. The highest BCUT2D eigenvalue weighted by Crippen LogP contribution is 2.17. The summed E-state index contributed by atoms with van der Waals surface area (Å²) in [6.45, 7) is 0. The maximum atomic E-state index is 11.4. The smallest absolute Gasteiger partial charge is 0.266 e. The van der Waals surface area contributed by atoms with Crippen molar-refractivity contribution in [3.05, 3.63) is 50.1 Å². The molecule has 0 amide bonds. The van der Waals surface area contributed by atoms with E-state index in [0.29, 0.717) is 15.8 Å². The minimum atomic E-state index is -0.172. The van der Waals surface area contributed by atoms with Gasteiger partial charge in [0.2, 0.25) is 0 Å². The molecule has 5 nitrogen and oxygen atoms in total. The summed E-state index contributed by atoms with van der Waals surface area (Å²) in [5.41, 5.74) is 1.61. The van der Waals surface area contributed by atoms with Crippen LogP contribution >= 0.6 is 22.6 Å². The average molecular weight is 352 g/mol. The second-order valence-electron chi connectivity index (χ2n) is 3.55. The molecule has 1 heterocycles. The molecule has 0 unspecified atom stereocenters. The Balaban J connectivity index is 2.21. The molecule has 0 aliphatic rings. The lowest BCUT2D eigenvalue weighted by Crippen LogP contribution is -2.12. The van der Waals surface area contributed by atoms with E-state index in [1.165, 1.54) is 6.33 Å². The number of benzene rings is 1. The molecule has 0 saturated heterocycles. The first-order valence-electron chi connectivity index (χ1n) is 5.17. The van der Waals surface area contributed by atoms with Crippen LogP contribution in [0.4, 0.5) is 11.5 Å². The highest BCUT2D eigenvalue weighted by Gasteiger charge is 2.05. The molecule has 18 heavy (non-hydrogen) atoms. The molecule has 1 aromatic carbocycles. The number of aromatic nitrogens is 2. The van der Waals surface area contributed by atoms with Crippen LogP contribution in [0.3, 0.4) is 0 Å². The largest absolute Gasteiger partial charge is 0.339 e. The molecule has 0 aliphatic carbocycles. The molecule has 0 radical (unpaired) electrons. The van der Waals surface area contributed by atoms with Gasteiger partial charge in [0, 0.05) is 5.69 Å². The Morgan fingerprint density at radius 1 is 1.39 bits per heavy atom. The number of halogens is 1. The Hall–Kier alpha value is -1.88. The van der Waals surface area contributed by atoms with Crippen LogP contribution in [0.2, 0.25) is 0 Å². The van der Waals surface area contributed by atoms with E-state index in [2.05, 4.69) is 21.4 Å². The van der Waals surface area contributed by atoms with E-state index in [9.17, 15) is 4.79 Å². The number of aromatic amines is 1. The van der Waals surface area contributed by atoms with Crippen LogP contribution in [0.5, 0.6) is 0 Å². The third-order valence-corrected chi connectivity index (χ3v) is 3.30. The van der Waals surface area contributed by atoms with E-state index in [4.69, 9.17) is 5.26 Å². The van der Waals surface area contributed by atoms with Crippen LogP contribution in [-0.4, -0.2) is 9.97 Å². The summed E-state index contributed by atoms with van der Waals surface area (Å²) in [5.74, 6) is 0.521. The molecular formula is C12H9IN4O. The van der Waals surface area contributed by atoms with Gasteiger partial charge in [-0.15, -0.1) is 0 Å². The van der Waals surface area contributed by atoms with Crippen LogP contribution in [0.25, 0.3) is 0 Å². The Kier molecular flexibility index (Phi) is 3.94. The van der Waals surface area contributed by atoms with Gasteiger partial charge in [-0.3, -0.25) is 4.79 Å². The van der Waals surface area contributed by atoms with E-state index in [-0.39, 0.29) is 5.56 Å². The van der Waals surface area contributed by atoms with E-state index in [1.54, 1.807) is 0 Å². The van der Waals surface area contributed by atoms with Gasteiger partial charge in [-0.25, -0.2) is 4.98 Å². The molecule has 0 saturated carbocycles. The molecule has 2 N–H and O–H groups in total.